The van der Waals surface area contributed by atoms with Gasteiger partial charge in [0.25, 0.3) is 11.6 Å². The Hall–Kier alpha value is -3.45. The summed E-state index contributed by atoms with van der Waals surface area (Å²) >= 11 is 0. The molecule has 1 amide bonds. The number of nitro groups is 1. The quantitative estimate of drug-likeness (QED) is 0.411. The Balaban J connectivity index is 2.06. The van der Waals surface area contributed by atoms with E-state index in [9.17, 15) is 14.9 Å². The number of nitrogens with zero attached hydrogens (tertiary/aromatic N) is 2. The molecule has 0 aliphatic heterocycles. The van der Waals surface area contributed by atoms with E-state index < -0.39 is 4.92 Å². The van der Waals surface area contributed by atoms with Crippen molar-refractivity contribution in [2.45, 2.75) is 26.2 Å². The van der Waals surface area contributed by atoms with Crippen molar-refractivity contribution in [3.8, 4) is 22.5 Å². The van der Waals surface area contributed by atoms with E-state index in [0.717, 1.165) is 11.3 Å². The zero-order valence-electron chi connectivity index (χ0n) is 19.2. The van der Waals surface area contributed by atoms with Crippen LogP contribution in [0.2, 0.25) is 0 Å². The second-order valence-electron chi connectivity index (χ2n) is 9.13. The number of H-pyrrole nitrogens is 1. The highest BCUT2D eigenvalue weighted by Crippen LogP contribution is 2.35. The third-order valence-corrected chi connectivity index (χ3v) is 5.34. The molecule has 0 aliphatic carbocycles. The summed E-state index contributed by atoms with van der Waals surface area (Å²) in [6, 6.07) is 16.4. The minimum absolute atomic E-state index is 0.0293. The van der Waals surface area contributed by atoms with E-state index in [0.29, 0.717) is 29.9 Å². The molecule has 7 nitrogen and oxygen atoms in total. The first-order chi connectivity index (χ1) is 15.1. The van der Waals surface area contributed by atoms with Gasteiger partial charge >= 0.3 is 0 Å². The van der Waals surface area contributed by atoms with Crippen molar-refractivity contribution in [2.24, 2.45) is 0 Å². The highest BCUT2D eigenvalue weighted by Gasteiger charge is 2.23. The summed E-state index contributed by atoms with van der Waals surface area (Å²) in [5.41, 5.74) is 4.03. The van der Waals surface area contributed by atoms with Crippen molar-refractivity contribution in [2.75, 3.05) is 27.2 Å². The van der Waals surface area contributed by atoms with E-state index in [1.54, 1.807) is 24.3 Å². The molecular weight excluding hydrogens is 404 g/mol. The predicted molar refractivity (Wildman–Crippen MR) is 128 cm³/mol. The monoisotopic (exact) mass is 434 g/mol. The first-order valence-corrected chi connectivity index (χ1v) is 10.6. The maximum Gasteiger partial charge on any atom is 0.278 e. The zero-order chi connectivity index (χ0) is 23.5. The number of carbonyl (C=O) groups excluding carboxylic acids is 1. The zero-order valence-corrected chi connectivity index (χ0v) is 19.2. The number of likely N-dealkylation sites (N-methyl/N-ethyl adjacent to an activating group) is 1. The fourth-order valence-corrected chi connectivity index (χ4v) is 3.48. The van der Waals surface area contributed by atoms with Gasteiger partial charge in [0.05, 0.1) is 21.7 Å². The van der Waals surface area contributed by atoms with Crippen LogP contribution in [0.4, 0.5) is 5.69 Å². The van der Waals surface area contributed by atoms with E-state index >= 15 is 0 Å². The molecule has 168 valence electrons. The molecule has 0 atom stereocenters. The van der Waals surface area contributed by atoms with E-state index in [-0.39, 0.29) is 17.0 Å². The summed E-state index contributed by atoms with van der Waals surface area (Å²) in [5.74, 6) is -0.270. The van der Waals surface area contributed by atoms with Crippen molar-refractivity contribution in [3.05, 3.63) is 75.8 Å². The molecule has 0 aliphatic rings. The molecule has 2 N–H and O–H groups in total. The van der Waals surface area contributed by atoms with Crippen molar-refractivity contribution < 1.29 is 9.72 Å². The molecule has 0 radical (unpaired) electrons. The predicted octanol–water partition coefficient (Wildman–Crippen LogP) is 4.85. The van der Waals surface area contributed by atoms with Gasteiger partial charge in [0.15, 0.2) is 0 Å². The number of aromatic amines is 1. The van der Waals surface area contributed by atoms with Gasteiger partial charge in [0.2, 0.25) is 0 Å². The van der Waals surface area contributed by atoms with Crippen molar-refractivity contribution in [3.63, 3.8) is 0 Å². The van der Waals surface area contributed by atoms with Gasteiger partial charge in [-0.3, -0.25) is 14.9 Å². The Bertz CT molecular complexity index is 1110. The highest BCUT2D eigenvalue weighted by atomic mass is 16.6. The molecule has 7 heteroatoms. The lowest BCUT2D eigenvalue weighted by molar-refractivity contribution is -0.384. The van der Waals surface area contributed by atoms with Crippen LogP contribution in [-0.4, -0.2) is 47.9 Å². The highest BCUT2D eigenvalue weighted by molar-refractivity contribution is 6.02. The van der Waals surface area contributed by atoms with Gasteiger partial charge in [0, 0.05) is 24.8 Å². The summed E-state index contributed by atoms with van der Waals surface area (Å²) in [7, 11) is 3.86. The van der Waals surface area contributed by atoms with Crippen LogP contribution in [0, 0.1) is 10.1 Å². The second kappa shape index (κ2) is 9.36. The number of para-hydroxylation sites is 1. The van der Waals surface area contributed by atoms with Crippen LogP contribution in [0.3, 0.4) is 0 Å². The Morgan fingerprint density at radius 3 is 2.34 bits per heavy atom. The molecule has 0 unspecified atom stereocenters. The van der Waals surface area contributed by atoms with E-state index in [2.05, 4.69) is 43.2 Å². The number of carbonyl (C=O) groups is 1. The number of benzene rings is 2. The van der Waals surface area contributed by atoms with Crippen LogP contribution >= 0.6 is 0 Å². The van der Waals surface area contributed by atoms with Gasteiger partial charge in [-0.05, 0) is 42.8 Å². The van der Waals surface area contributed by atoms with Crippen LogP contribution in [0.25, 0.3) is 22.5 Å². The third-order valence-electron chi connectivity index (χ3n) is 5.34. The van der Waals surface area contributed by atoms with E-state index in [4.69, 9.17) is 0 Å². The minimum Gasteiger partial charge on any atom is -0.354 e. The van der Waals surface area contributed by atoms with Gasteiger partial charge in [-0.2, -0.15) is 0 Å². The molecular formula is C25H30N4O3. The van der Waals surface area contributed by atoms with E-state index in [1.165, 1.54) is 11.6 Å². The number of amides is 1. The molecule has 2 aromatic carbocycles. The Kier molecular flexibility index (Phi) is 6.79. The van der Waals surface area contributed by atoms with Crippen molar-refractivity contribution >= 4 is 11.6 Å². The van der Waals surface area contributed by atoms with Crippen molar-refractivity contribution in [1.82, 2.24) is 15.2 Å². The molecule has 0 spiro atoms. The standard InChI is InChI=1S/C25H30N4O3/c1-25(2,3)18-12-10-17(11-13-18)21-16-20(24(30)26-14-15-28(4)5)23(27-21)19-8-6-7-9-22(19)29(31)32/h6-13,16,27H,14-15H2,1-5H3,(H,26,30). The van der Waals surface area contributed by atoms with Gasteiger partial charge in [-0.15, -0.1) is 0 Å². The second-order valence-corrected chi connectivity index (χ2v) is 9.13. The van der Waals surface area contributed by atoms with Crippen LogP contribution in [0.15, 0.2) is 54.6 Å². The first-order valence-electron chi connectivity index (χ1n) is 10.6. The third kappa shape index (κ3) is 5.23. The maximum atomic E-state index is 13.0. The Morgan fingerprint density at radius 2 is 1.75 bits per heavy atom. The van der Waals surface area contributed by atoms with Crippen LogP contribution in [-0.2, 0) is 5.41 Å². The lowest BCUT2D eigenvalue weighted by Crippen LogP contribution is -2.31. The number of rotatable bonds is 7. The minimum atomic E-state index is -0.429. The van der Waals surface area contributed by atoms with Gasteiger partial charge in [0.1, 0.15) is 0 Å². The molecule has 1 aromatic heterocycles. The molecule has 3 rings (SSSR count). The SMILES string of the molecule is CN(C)CCNC(=O)c1cc(-c2ccc(C(C)(C)C)cc2)[nH]c1-c1ccccc1[N+](=O)[O-]. The lowest BCUT2D eigenvalue weighted by Gasteiger charge is -2.19. The molecule has 0 fully saturated rings. The molecule has 32 heavy (non-hydrogen) atoms. The average Bonchev–Trinajstić information content (AvgIpc) is 3.18. The average molecular weight is 435 g/mol. The Labute approximate surface area is 188 Å². The first kappa shape index (κ1) is 23.2. The maximum absolute atomic E-state index is 13.0. The number of nitro benzene ring substituents is 1. The summed E-state index contributed by atoms with van der Waals surface area (Å²) in [6.07, 6.45) is 0. The van der Waals surface area contributed by atoms with Crippen LogP contribution < -0.4 is 5.32 Å². The van der Waals surface area contributed by atoms with Crippen molar-refractivity contribution in [1.29, 1.82) is 0 Å². The summed E-state index contributed by atoms with van der Waals surface area (Å²) in [5, 5.41) is 14.5. The van der Waals surface area contributed by atoms with Crippen LogP contribution in [0.1, 0.15) is 36.7 Å². The molecule has 0 saturated heterocycles. The molecule has 3 aromatic rings. The number of hydrogen-bond acceptors (Lipinski definition) is 4. The van der Waals surface area contributed by atoms with Gasteiger partial charge in [-0.25, -0.2) is 0 Å². The van der Waals surface area contributed by atoms with Gasteiger partial charge < -0.3 is 15.2 Å². The molecule has 0 bridgehead atoms. The van der Waals surface area contributed by atoms with E-state index in [1.807, 2.05) is 31.1 Å². The number of nitrogens with one attached hydrogen (secondary N) is 2. The summed E-state index contributed by atoms with van der Waals surface area (Å²) < 4.78 is 0. The normalized spacial score (nSPS) is 11.6. The fraction of sp³-hybridized carbons (Fsp3) is 0.320. The number of aromatic nitrogens is 1. The van der Waals surface area contributed by atoms with Crippen LogP contribution in [0.5, 0.6) is 0 Å². The molecule has 0 saturated carbocycles. The summed E-state index contributed by atoms with van der Waals surface area (Å²) in [6.45, 7) is 7.62. The lowest BCUT2D eigenvalue weighted by atomic mass is 9.86. The Morgan fingerprint density at radius 1 is 1.09 bits per heavy atom. The largest absolute Gasteiger partial charge is 0.354 e. The fourth-order valence-electron chi connectivity index (χ4n) is 3.48. The number of hydrogen-bond donors (Lipinski definition) is 2. The van der Waals surface area contributed by atoms with Gasteiger partial charge in [-0.1, -0.05) is 57.2 Å². The smallest absolute Gasteiger partial charge is 0.278 e. The topological polar surface area (TPSA) is 91.3 Å². The molecule has 1 heterocycles. The summed E-state index contributed by atoms with van der Waals surface area (Å²) in [4.78, 5) is 29.4.